The molecule has 0 N–H and O–H groups in total. The number of aryl methyl sites for hydroxylation is 1. The largest absolute Gasteiger partial charge is 0.472 e. The summed E-state index contributed by atoms with van der Waals surface area (Å²) in [7, 11) is -3.63. The van der Waals surface area contributed by atoms with Crippen LogP contribution in [0.1, 0.15) is 5.69 Å². The molecule has 2 aromatic heterocycles. The maximum atomic E-state index is 13.0. The summed E-state index contributed by atoms with van der Waals surface area (Å²) in [5.74, 6) is 0.430. The van der Waals surface area contributed by atoms with Gasteiger partial charge in [-0.25, -0.2) is 13.4 Å². The van der Waals surface area contributed by atoms with Crippen LogP contribution in [0.25, 0.3) is 10.9 Å². The predicted molar refractivity (Wildman–Crippen MR) is 98.9 cm³/mol. The van der Waals surface area contributed by atoms with Crippen LogP contribution in [0.5, 0.6) is 5.88 Å². The molecule has 3 heterocycles. The van der Waals surface area contributed by atoms with Crippen LogP contribution in [0.3, 0.4) is 0 Å². The van der Waals surface area contributed by atoms with Crippen molar-refractivity contribution in [3.8, 4) is 5.88 Å². The van der Waals surface area contributed by atoms with Gasteiger partial charge in [-0.2, -0.15) is 4.31 Å². The summed E-state index contributed by atoms with van der Waals surface area (Å²) in [4.78, 5) is 8.71. The lowest BCUT2D eigenvalue weighted by atomic mass is 10.2. The molecule has 1 aliphatic heterocycles. The Morgan fingerprint density at radius 1 is 1.15 bits per heavy atom. The molecular formula is C18H16ClN3O3S. The van der Waals surface area contributed by atoms with Gasteiger partial charge >= 0.3 is 0 Å². The first-order chi connectivity index (χ1) is 12.4. The van der Waals surface area contributed by atoms with E-state index in [0.29, 0.717) is 16.4 Å². The normalized spacial score (nSPS) is 15.8. The van der Waals surface area contributed by atoms with Crippen molar-refractivity contribution in [3.05, 3.63) is 59.4 Å². The molecule has 0 bridgehead atoms. The molecule has 1 aromatic carbocycles. The number of fused-ring (bicyclic) bond motifs is 1. The van der Waals surface area contributed by atoms with Gasteiger partial charge in [0.15, 0.2) is 0 Å². The van der Waals surface area contributed by atoms with Gasteiger partial charge in [0.1, 0.15) is 11.0 Å². The molecule has 0 saturated carbocycles. The highest BCUT2D eigenvalue weighted by Crippen LogP contribution is 2.28. The third-order valence-corrected chi connectivity index (χ3v) is 6.33. The first-order valence-corrected chi connectivity index (χ1v) is 9.90. The van der Waals surface area contributed by atoms with Gasteiger partial charge in [-0.1, -0.05) is 29.8 Å². The highest BCUT2D eigenvalue weighted by molar-refractivity contribution is 7.89. The summed E-state index contributed by atoms with van der Waals surface area (Å²) in [5, 5.41) is 1.32. The Morgan fingerprint density at radius 3 is 2.69 bits per heavy atom. The Kier molecular flexibility index (Phi) is 4.30. The number of sulfonamides is 1. The molecule has 134 valence electrons. The van der Waals surface area contributed by atoms with Crippen molar-refractivity contribution in [2.45, 2.75) is 17.9 Å². The van der Waals surface area contributed by atoms with Crippen LogP contribution in [0.4, 0.5) is 0 Å². The minimum Gasteiger partial charge on any atom is -0.472 e. The zero-order valence-corrected chi connectivity index (χ0v) is 15.5. The number of aromatic nitrogens is 2. The topological polar surface area (TPSA) is 72.4 Å². The first kappa shape index (κ1) is 17.2. The number of nitrogens with zero attached hydrogens (tertiary/aromatic N) is 3. The van der Waals surface area contributed by atoms with E-state index in [9.17, 15) is 8.42 Å². The van der Waals surface area contributed by atoms with Crippen LogP contribution in [-0.4, -0.2) is 41.9 Å². The van der Waals surface area contributed by atoms with Gasteiger partial charge in [0, 0.05) is 23.3 Å². The van der Waals surface area contributed by atoms with Crippen LogP contribution in [-0.2, 0) is 10.0 Å². The van der Waals surface area contributed by atoms with E-state index in [1.807, 2.05) is 25.1 Å². The van der Waals surface area contributed by atoms with E-state index < -0.39 is 10.0 Å². The van der Waals surface area contributed by atoms with Gasteiger partial charge in [0.05, 0.1) is 23.6 Å². The zero-order valence-electron chi connectivity index (χ0n) is 14.0. The van der Waals surface area contributed by atoms with E-state index in [2.05, 4.69) is 9.97 Å². The summed E-state index contributed by atoms with van der Waals surface area (Å²) >= 11 is 5.79. The maximum absolute atomic E-state index is 13.0. The molecular weight excluding hydrogens is 374 g/mol. The standard InChI is InChI=1S/C18H16ClN3O3S/c1-12-5-6-13-3-2-4-16(18(13)21-12)26(23,24)22-10-15(11-22)25-17-8-7-14(19)9-20-17/h2-9,15H,10-11H2,1H3. The summed E-state index contributed by atoms with van der Waals surface area (Å²) < 4.78 is 33.0. The number of benzene rings is 1. The molecule has 8 heteroatoms. The highest BCUT2D eigenvalue weighted by Gasteiger charge is 2.39. The molecule has 0 radical (unpaired) electrons. The molecule has 1 saturated heterocycles. The van der Waals surface area contributed by atoms with Gasteiger partial charge in [-0.15, -0.1) is 0 Å². The fourth-order valence-electron chi connectivity index (χ4n) is 2.84. The van der Waals surface area contributed by atoms with E-state index in [1.165, 1.54) is 10.5 Å². The van der Waals surface area contributed by atoms with Gasteiger partial charge < -0.3 is 4.74 Å². The Labute approximate surface area is 156 Å². The van der Waals surface area contributed by atoms with E-state index >= 15 is 0 Å². The summed E-state index contributed by atoms with van der Waals surface area (Å²) in [5.41, 5.74) is 1.27. The van der Waals surface area contributed by atoms with Crippen LogP contribution in [0, 0.1) is 6.92 Å². The number of hydrogen-bond acceptors (Lipinski definition) is 5. The summed E-state index contributed by atoms with van der Waals surface area (Å²) in [6.45, 7) is 2.39. The van der Waals surface area contributed by atoms with Crippen LogP contribution >= 0.6 is 11.6 Å². The van der Waals surface area contributed by atoms with Crippen molar-refractivity contribution in [2.75, 3.05) is 13.1 Å². The van der Waals surface area contributed by atoms with E-state index in [0.717, 1.165) is 11.1 Å². The van der Waals surface area contributed by atoms with Gasteiger partial charge in [0.2, 0.25) is 15.9 Å². The minimum atomic E-state index is -3.63. The number of ether oxygens (including phenoxy) is 1. The Hall–Kier alpha value is -2.22. The predicted octanol–water partition coefficient (Wildman–Crippen LogP) is 3.04. The molecule has 1 fully saturated rings. The minimum absolute atomic E-state index is 0.224. The fraction of sp³-hybridized carbons (Fsp3) is 0.222. The maximum Gasteiger partial charge on any atom is 0.245 e. The van der Waals surface area contributed by atoms with Gasteiger partial charge in [0.25, 0.3) is 0 Å². The summed E-state index contributed by atoms with van der Waals surface area (Å²) in [6.07, 6.45) is 1.26. The molecule has 26 heavy (non-hydrogen) atoms. The zero-order chi connectivity index (χ0) is 18.3. The van der Waals surface area contributed by atoms with Crippen molar-refractivity contribution < 1.29 is 13.2 Å². The number of rotatable bonds is 4. The molecule has 6 nitrogen and oxygen atoms in total. The molecule has 0 spiro atoms. The summed E-state index contributed by atoms with van der Waals surface area (Å²) in [6, 6.07) is 12.3. The van der Waals surface area contributed by atoms with Crippen molar-refractivity contribution >= 4 is 32.5 Å². The average Bonchev–Trinajstić information content (AvgIpc) is 2.58. The smallest absolute Gasteiger partial charge is 0.245 e. The van der Waals surface area contributed by atoms with Gasteiger partial charge in [-0.3, -0.25) is 4.98 Å². The lowest BCUT2D eigenvalue weighted by Crippen LogP contribution is -2.56. The highest BCUT2D eigenvalue weighted by atomic mass is 35.5. The van der Waals surface area contributed by atoms with Crippen molar-refractivity contribution in [1.29, 1.82) is 0 Å². The lowest BCUT2D eigenvalue weighted by molar-refractivity contribution is 0.0721. The average molecular weight is 390 g/mol. The Bertz CT molecular complexity index is 1060. The third-order valence-electron chi connectivity index (χ3n) is 4.24. The number of pyridine rings is 2. The van der Waals surface area contributed by atoms with Gasteiger partial charge in [-0.05, 0) is 25.1 Å². The second-order valence-electron chi connectivity index (χ2n) is 6.16. The van der Waals surface area contributed by atoms with Crippen molar-refractivity contribution in [1.82, 2.24) is 14.3 Å². The first-order valence-electron chi connectivity index (χ1n) is 8.08. The van der Waals surface area contributed by atoms with Crippen LogP contribution in [0.2, 0.25) is 5.02 Å². The monoisotopic (exact) mass is 389 g/mol. The van der Waals surface area contributed by atoms with Crippen molar-refractivity contribution in [2.24, 2.45) is 0 Å². The fourth-order valence-corrected chi connectivity index (χ4v) is 4.61. The molecule has 3 aromatic rings. The Balaban J connectivity index is 1.54. The molecule has 0 aliphatic carbocycles. The van der Waals surface area contributed by atoms with Crippen LogP contribution < -0.4 is 4.74 Å². The van der Waals surface area contributed by atoms with E-state index in [1.54, 1.807) is 24.3 Å². The number of hydrogen-bond donors (Lipinski definition) is 0. The number of para-hydroxylation sites is 1. The van der Waals surface area contributed by atoms with E-state index in [-0.39, 0.29) is 24.1 Å². The molecule has 4 rings (SSSR count). The van der Waals surface area contributed by atoms with Crippen molar-refractivity contribution in [3.63, 3.8) is 0 Å². The van der Waals surface area contributed by atoms with Crippen LogP contribution in [0.15, 0.2) is 53.6 Å². The second-order valence-corrected chi connectivity index (χ2v) is 8.50. The number of halogens is 1. The quantitative estimate of drug-likeness (QED) is 0.685. The third kappa shape index (κ3) is 3.13. The molecule has 1 aliphatic rings. The molecule has 0 amide bonds. The van der Waals surface area contributed by atoms with E-state index in [4.69, 9.17) is 16.3 Å². The molecule has 0 unspecified atom stereocenters. The second kappa shape index (κ2) is 6.50. The molecule has 0 atom stereocenters. The Morgan fingerprint density at radius 2 is 1.96 bits per heavy atom. The SMILES string of the molecule is Cc1ccc2cccc(S(=O)(=O)N3CC(Oc4ccc(Cl)cn4)C3)c2n1. The lowest BCUT2D eigenvalue weighted by Gasteiger charge is -2.37.